The predicted molar refractivity (Wildman–Crippen MR) is 65.4 cm³/mol. The van der Waals surface area contributed by atoms with E-state index in [4.69, 9.17) is 27.9 Å². The summed E-state index contributed by atoms with van der Waals surface area (Å²) in [5, 5.41) is 0.667. The lowest BCUT2D eigenvalue weighted by Gasteiger charge is -2.18. The van der Waals surface area contributed by atoms with E-state index in [1.165, 1.54) is 0 Å². The maximum Gasteiger partial charge on any atom is 0.181 e. The zero-order valence-corrected chi connectivity index (χ0v) is 11.9. The molecule has 1 aromatic heterocycles. The number of halogens is 3. The Morgan fingerprint density at radius 1 is 1.40 bits per heavy atom. The molecule has 1 rings (SSSR count). The van der Waals surface area contributed by atoms with E-state index in [-0.39, 0.29) is 10.6 Å². The van der Waals surface area contributed by atoms with Crippen LogP contribution >= 0.6 is 39.1 Å². The van der Waals surface area contributed by atoms with Gasteiger partial charge in [0, 0.05) is 0 Å². The highest BCUT2D eigenvalue weighted by atomic mass is 79.9. The topological polar surface area (TPSA) is 27.1 Å². The molecule has 0 saturated carbocycles. The van der Waals surface area contributed by atoms with Crippen LogP contribution in [0.25, 0.3) is 0 Å². The highest BCUT2D eigenvalue weighted by Crippen LogP contribution is 2.26. The summed E-state index contributed by atoms with van der Waals surface area (Å²) in [4.78, 5) is 3.96. The molecule has 6 heteroatoms. The van der Waals surface area contributed by atoms with Crippen LogP contribution in [-0.2, 0) is 11.5 Å². The normalized spacial score (nSPS) is 12.1. The third-order valence-corrected chi connectivity index (χ3v) is 2.92. The van der Waals surface area contributed by atoms with E-state index in [0.717, 1.165) is 0 Å². The molecule has 0 spiro atoms. The number of aromatic nitrogens is 2. The van der Waals surface area contributed by atoms with Gasteiger partial charge in [-0.1, -0.05) is 44.0 Å². The molecule has 0 bridgehead atoms. The predicted octanol–water partition coefficient (Wildman–Crippen LogP) is 3.97. The molecule has 0 saturated heterocycles. The number of imidazole rings is 1. The SMILES string of the molecule is CC(C)(C)COCn1c(Br)nc(Cl)c1Cl. The van der Waals surface area contributed by atoms with Crippen molar-refractivity contribution in [1.29, 1.82) is 0 Å². The van der Waals surface area contributed by atoms with E-state index in [1.54, 1.807) is 4.57 Å². The first kappa shape index (κ1) is 13.3. The summed E-state index contributed by atoms with van der Waals surface area (Å²) in [5.41, 5.74) is 0.128. The molecule has 0 aliphatic heterocycles. The fourth-order valence-corrected chi connectivity index (χ4v) is 1.95. The third-order valence-electron chi connectivity index (χ3n) is 1.58. The number of hydrogen-bond acceptors (Lipinski definition) is 2. The van der Waals surface area contributed by atoms with E-state index < -0.39 is 0 Å². The van der Waals surface area contributed by atoms with Gasteiger partial charge in [0.05, 0.1) is 6.61 Å². The minimum absolute atomic E-state index is 0.128. The lowest BCUT2D eigenvalue weighted by Crippen LogP contribution is -2.16. The molecule has 0 amide bonds. The first-order valence-corrected chi connectivity index (χ1v) is 6.01. The molecule has 0 aromatic carbocycles. The first-order chi connectivity index (χ1) is 6.81. The molecule has 1 heterocycles. The van der Waals surface area contributed by atoms with Gasteiger partial charge in [-0.25, -0.2) is 4.98 Å². The Bertz CT molecular complexity index is 347. The Labute approximate surface area is 108 Å². The van der Waals surface area contributed by atoms with Crippen molar-refractivity contribution in [3.8, 4) is 0 Å². The Hall–Kier alpha value is 0.230. The second-order valence-electron chi connectivity index (χ2n) is 4.43. The van der Waals surface area contributed by atoms with Gasteiger partial charge in [-0.05, 0) is 21.3 Å². The number of nitrogens with zero attached hydrogens (tertiary/aromatic N) is 2. The zero-order valence-electron chi connectivity index (χ0n) is 8.85. The maximum atomic E-state index is 5.92. The van der Waals surface area contributed by atoms with Crippen molar-refractivity contribution >= 4 is 39.1 Å². The minimum atomic E-state index is 0.128. The van der Waals surface area contributed by atoms with E-state index in [9.17, 15) is 0 Å². The number of hydrogen-bond donors (Lipinski definition) is 0. The second kappa shape index (κ2) is 5.04. The van der Waals surface area contributed by atoms with Gasteiger partial charge in [0.15, 0.2) is 15.0 Å². The molecule has 0 radical (unpaired) electrons. The van der Waals surface area contributed by atoms with E-state index in [1.807, 2.05) is 0 Å². The van der Waals surface area contributed by atoms with Gasteiger partial charge >= 0.3 is 0 Å². The standard InChI is InChI=1S/C9H13BrCl2N2O/c1-9(2,3)4-15-5-14-7(12)6(11)13-8(14)10/h4-5H2,1-3H3. The van der Waals surface area contributed by atoms with Crippen LogP contribution in [0.5, 0.6) is 0 Å². The lowest BCUT2D eigenvalue weighted by molar-refractivity contribution is 0.0264. The van der Waals surface area contributed by atoms with E-state index >= 15 is 0 Å². The van der Waals surface area contributed by atoms with Crippen LogP contribution in [0.4, 0.5) is 0 Å². The Morgan fingerprint density at radius 2 is 2.00 bits per heavy atom. The summed E-state index contributed by atoms with van der Waals surface area (Å²) in [5.74, 6) is 0. The fourth-order valence-electron chi connectivity index (χ4n) is 0.933. The third kappa shape index (κ3) is 3.94. The summed E-state index contributed by atoms with van der Waals surface area (Å²) in [6.07, 6.45) is 0. The van der Waals surface area contributed by atoms with Crippen molar-refractivity contribution in [3.05, 3.63) is 15.0 Å². The maximum absolute atomic E-state index is 5.92. The van der Waals surface area contributed by atoms with Gasteiger partial charge in [0.2, 0.25) is 0 Å². The quantitative estimate of drug-likeness (QED) is 0.843. The molecule has 0 aliphatic rings. The second-order valence-corrected chi connectivity index (χ2v) is 5.85. The van der Waals surface area contributed by atoms with Crippen LogP contribution in [0.15, 0.2) is 4.73 Å². The smallest absolute Gasteiger partial charge is 0.181 e. The van der Waals surface area contributed by atoms with E-state index in [0.29, 0.717) is 23.2 Å². The molecule has 0 N–H and O–H groups in total. The van der Waals surface area contributed by atoms with Gasteiger partial charge in [-0.15, -0.1) is 0 Å². The highest BCUT2D eigenvalue weighted by molar-refractivity contribution is 9.10. The summed E-state index contributed by atoms with van der Waals surface area (Å²) in [6.45, 7) is 7.29. The zero-order chi connectivity index (χ0) is 11.6. The Balaban J connectivity index is 2.58. The van der Waals surface area contributed by atoms with Crippen molar-refractivity contribution in [1.82, 2.24) is 9.55 Å². The Kier molecular flexibility index (Phi) is 4.47. The summed E-state index contributed by atoms with van der Waals surface area (Å²) < 4.78 is 7.75. The van der Waals surface area contributed by atoms with Crippen LogP contribution in [0.1, 0.15) is 20.8 Å². The van der Waals surface area contributed by atoms with Gasteiger partial charge in [-0.2, -0.15) is 0 Å². The van der Waals surface area contributed by atoms with Crippen molar-refractivity contribution < 1.29 is 4.74 Å². The van der Waals surface area contributed by atoms with E-state index in [2.05, 4.69) is 41.7 Å². The molecule has 0 unspecified atom stereocenters. The van der Waals surface area contributed by atoms with Gasteiger partial charge < -0.3 is 4.74 Å². The molecule has 0 fully saturated rings. The first-order valence-electron chi connectivity index (χ1n) is 4.46. The van der Waals surface area contributed by atoms with Crippen LogP contribution in [-0.4, -0.2) is 16.2 Å². The van der Waals surface area contributed by atoms with Crippen molar-refractivity contribution in [2.24, 2.45) is 5.41 Å². The molecule has 1 aromatic rings. The van der Waals surface area contributed by atoms with Gasteiger partial charge in [0.25, 0.3) is 0 Å². The lowest BCUT2D eigenvalue weighted by atomic mass is 9.99. The minimum Gasteiger partial charge on any atom is -0.360 e. The average Bonchev–Trinajstić information content (AvgIpc) is 2.29. The molecule has 0 aliphatic carbocycles. The van der Waals surface area contributed by atoms with Crippen molar-refractivity contribution in [2.75, 3.05) is 6.61 Å². The highest BCUT2D eigenvalue weighted by Gasteiger charge is 2.14. The van der Waals surface area contributed by atoms with Crippen molar-refractivity contribution in [2.45, 2.75) is 27.5 Å². The van der Waals surface area contributed by atoms with Crippen LogP contribution in [0.3, 0.4) is 0 Å². The van der Waals surface area contributed by atoms with Gasteiger partial charge in [-0.3, -0.25) is 4.57 Å². The van der Waals surface area contributed by atoms with Gasteiger partial charge in [0.1, 0.15) is 6.73 Å². The number of rotatable bonds is 3. The molecule has 0 atom stereocenters. The molecule has 15 heavy (non-hydrogen) atoms. The molecule has 86 valence electrons. The van der Waals surface area contributed by atoms with Crippen molar-refractivity contribution in [3.63, 3.8) is 0 Å². The number of ether oxygens (including phenoxy) is 1. The fraction of sp³-hybridized carbons (Fsp3) is 0.667. The average molecular weight is 316 g/mol. The summed E-state index contributed by atoms with van der Waals surface area (Å²) in [6, 6.07) is 0. The molecular formula is C9H13BrCl2N2O. The molecular weight excluding hydrogens is 303 g/mol. The van der Waals surface area contributed by atoms with Crippen LogP contribution in [0, 0.1) is 5.41 Å². The largest absolute Gasteiger partial charge is 0.360 e. The van der Waals surface area contributed by atoms with Crippen LogP contribution < -0.4 is 0 Å². The van der Waals surface area contributed by atoms with Crippen LogP contribution in [0.2, 0.25) is 10.3 Å². The summed E-state index contributed by atoms with van der Waals surface area (Å²) in [7, 11) is 0. The summed E-state index contributed by atoms with van der Waals surface area (Å²) >= 11 is 14.9. The molecule has 3 nitrogen and oxygen atoms in total. The monoisotopic (exact) mass is 314 g/mol. The Morgan fingerprint density at radius 3 is 2.40 bits per heavy atom.